The number of hydrogen-bond donors (Lipinski definition) is 0. The molecule has 0 N–H and O–H groups in total. The molecule has 0 amide bonds. The van der Waals surface area contributed by atoms with Crippen molar-refractivity contribution in [1.29, 1.82) is 0 Å². The summed E-state index contributed by atoms with van der Waals surface area (Å²) in [5.74, 6) is 1.09. The summed E-state index contributed by atoms with van der Waals surface area (Å²) in [6, 6.07) is 0. The normalized spacial score (nSPS) is 19.4. The number of ketones is 1. The maximum absolute atomic E-state index is 11.6. The molecule has 17 heavy (non-hydrogen) atoms. The molecule has 1 fully saturated rings. The molecule has 0 radical (unpaired) electrons. The van der Waals surface area contributed by atoms with Gasteiger partial charge in [0.1, 0.15) is 0 Å². The summed E-state index contributed by atoms with van der Waals surface area (Å²) in [7, 11) is 0. The summed E-state index contributed by atoms with van der Waals surface area (Å²) in [6.45, 7) is 3.09. The monoisotopic (exact) mass is 247 g/mol. The number of nitrogens with zero attached hydrogens (tertiary/aromatic N) is 3. The Balaban J connectivity index is 2.00. The minimum Gasteiger partial charge on any atom is -0.327 e. The molecule has 3 heterocycles. The summed E-state index contributed by atoms with van der Waals surface area (Å²) < 4.78 is 0. The summed E-state index contributed by atoms with van der Waals surface area (Å²) in [4.78, 5) is 22.6. The molecule has 2 aliphatic rings. The number of fused-ring (bicyclic) bond motifs is 1. The van der Waals surface area contributed by atoms with Gasteiger partial charge in [0.15, 0.2) is 16.6 Å². The van der Waals surface area contributed by atoms with E-state index in [1.54, 1.807) is 24.5 Å². The zero-order chi connectivity index (χ0) is 11.8. The van der Waals surface area contributed by atoms with Crippen LogP contribution < -0.4 is 0 Å². The number of Topliss-reactive ketones (excluding diaryl/α,β-unsaturated/α-hetero) is 1. The Morgan fingerprint density at radius 1 is 1.53 bits per heavy atom. The third-order valence-corrected chi connectivity index (χ3v) is 3.93. The summed E-state index contributed by atoms with van der Waals surface area (Å²) in [5, 5.41) is 2.91. The van der Waals surface area contributed by atoms with Crippen molar-refractivity contribution in [2.75, 3.05) is 13.1 Å². The van der Waals surface area contributed by atoms with Gasteiger partial charge in [-0.1, -0.05) is 0 Å². The smallest absolute Gasteiger partial charge is 0.165 e. The number of thiazole rings is 1. The second-order valence-corrected chi connectivity index (χ2v) is 5.11. The molecule has 2 aliphatic heterocycles. The van der Waals surface area contributed by atoms with Crippen LogP contribution in [0.15, 0.2) is 27.8 Å². The van der Waals surface area contributed by atoms with Crippen LogP contribution in [0.25, 0.3) is 0 Å². The van der Waals surface area contributed by atoms with E-state index in [4.69, 9.17) is 0 Å². The van der Waals surface area contributed by atoms with Gasteiger partial charge in [0.25, 0.3) is 0 Å². The molecule has 88 valence electrons. The Hall–Kier alpha value is -1.49. The summed E-state index contributed by atoms with van der Waals surface area (Å²) >= 11 is 1.60. The predicted octanol–water partition coefficient (Wildman–Crippen LogP) is 1.84. The fourth-order valence-corrected chi connectivity index (χ4v) is 3.04. The highest BCUT2D eigenvalue weighted by Gasteiger charge is 2.31. The standard InChI is InChI=1S/C12H13N3OS/c1-8(16)9-7-14-11(12-13-4-6-17-12)15-5-2-3-10(9)15/h4,6H,2-3,5,7H2,1H3. The number of hydrogen-bond acceptors (Lipinski definition) is 5. The van der Waals surface area contributed by atoms with Gasteiger partial charge in [0.2, 0.25) is 0 Å². The molecular weight excluding hydrogens is 234 g/mol. The van der Waals surface area contributed by atoms with E-state index in [1.165, 1.54) is 0 Å². The van der Waals surface area contributed by atoms with Crippen LogP contribution in [-0.2, 0) is 4.79 Å². The van der Waals surface area contributed by atoms with E-state index in [2.05, 4.69) is 14.9 Å². The third-order valence-electron chi connectivity index (χ3n) is 3.16. The lowest BCUT2D eigenvalue weighted by atomic mass is 10.1. The number of carbonyl (C=O) groups excluding carboxylic acids is 1. The lowest BCUT2D eigenvalue weighted by molar-refractivity contribution is -0.113. The van der Waals surface area contributed by atoms with Crippen molar-refractivity contribution in [3.05, 3.63) is 27.9 Å². The minimum atomic E-state index is 0.147. The molecule has 1 aromatic heterocycles. The quantitative estimate of drug-likeness (QED) is 0.801. The van der Waals surface area contributed by atoms with Gasteiger partial charge in [-0.25, -0.2) is 4.98 Å². The molecule has 4 nitrogen and oxygen atoms in total. The van der Waals surface area contributed by atoms with Gasteiger partial charge in [0, 0.05) is 29.4 Å². The van der Waals surface area contributed by atoms with Crippen molar-refractivity contribution in [2.24, 2.45) is 4.99 Å². The molecule has 5 heteroatoms. The Labute approximate surface area is 104 Å². The highest BCUT2D eigenvalue weighted by atomic mass is 32.1. The highest BCUT2D eigenvalue weighted by Crippen LogP contribution is 2.30. The average molecular weight is 247 g/mol. The first-order valence-electron chi connectivity index (χ1n) is 5.72. The van der Waals surface area contributed by atoms with Crippen LogP contribution in [0.1, 0.15) is 24.8 Å². The number of aromatic nitrogens is 1. The summed E-state index contributed by atoms with van der Waals surface area (Å²) in [6.07, 6.45) is 3.87. The Bertz CT molecular complexity index is 516. The van der Waals surface area contributed by atoms with Crippen molar-refractivity contribution >= 4 is 23.0 Å². The van der Waals surface area contributed by atoms with Crippen LogP contribution in [0.5, 0.6) is 0 Å². The second-order valence-electron chi connectivity index (χ2n) is 4.21. The van der Waals surface area contributed by atoms with Crippen LogP contribution in [0.4, 0.5) is 0 Å². The molecule has 0 bridgehead atoms. The lowest BCUT2D eigenvalue weighted by Gasteiger charge is -2.26. The topological polar surface area (TPSA) is 45.6 Å². The minimum absolute atomic E-state index is 0.147. The molecule has 3 rings (SSSR count). The maximum Gasteiger partial charge on any atom is 0.165 e. The van der Waals surface area contributed by atoms with Crippen molar-refractivity contribution in [3.63, 3.8) is 0 Å². The molecule has 0 aromatic carbocycles. The van der Waals surface area contributed by atoms with Crippen LogP contribution in [0, 0.1) is 0 Å². The van der Waals surface area contributed by atoms with E-state index in [-0.39, 0.29) is 5.78 Å². The number of carbonyl (C=O) groups is 1. The Morgan fingerprint density at radius 3 is 3.12 bits per heavy atom. The summed E-state index contributed by atoms with van der Waals surface area (Å²) in [5.41, 5.74) is 2.04. The third kappa shape index (κ3) is 1.70. The average Bonchev–Trinajstić information content (AvgIpc) is 2.98. The number of allylic oxidation sites excluding steroid dienone is 1. The lowest BCUT2D eigenvalue weighted by Crippen LogP contribution is -2.33. The first-order chi connectivity index (χ1) is 8.27. The molecule has 0 saturated carbocycles. The second kappa shape index (κ2) is 4.07. The van der Waals surface area contributed by atoms with E-state index in [1.807, 2.05) is 5.38 Å². The molecule has 0 aliphatic carbocycles. The van der Waals surface area contributed by atoms with E-state index >= 15 is 0 Å². The molecule has 1 aromatic rings. The van der Waals surface area contributed by atoms with Gasteiger partial charge in [-0.2, -0.15) is 0 Å². The SMILES string of the molecule is CC(=O)C1=C2CCCN2C(c2nccs2)=NC1. The van der Waals surface area contributed by atoms with Crippen molar-refractivity contribution < 1.29 is 4.79 Å². The van der Waals surface area contributed by atoms with Crippen molar-refractivity contribution in [1.82, 2.24) is 9.88 Å². The van der Waals surface area contributed by atoms with Gasteiger partial charge in [-0.15, -0.1) is 11.3 Å². The molecule has 1 saturated heterocycles. The molecule has 0 spiro atoms. The van der Waals surface area contributed by atoms with Gasteiger partial charge < -0.3 is 4.90 Å². The van der Waals surface area contributed by atoms with Crippen LogP contribution in [-0.4, -0.2) is 34.6 Å². The zero-order valence-electron chi connectivity index (χ0n) is 9.64. The van der Waals surface area contributed by atoms with Gasteiger partial charge >= 0.3 is 0 Å². The Morgan fingerprint density at radius 2 is 2.41 bits per heavy atom. The highest BCUT2D eigenvalue weighted by molar-refractivity contribution is 7.11. The first kappa shape index (κ1) is 10.7. The zero-order valence-corrected chi connectivity index (χ0v) is 10.5. The van der Waals surface area contributed by atoms with Crippen molar-refractivity contribution in [2.45, 2.75) is 19.8 Å². The van der Waals surface area contributed by atoms with Gasteiger partial charge in [0.05, 0.1) is 6.54 Å². The van der Waals surface area contributed by atoms with Crippen molar-refractivity contribution in [3.8, 4) is 0 Å². The fraction of sp³-hybridized carbons (Fsp3) is 0.417. The van der Waals surface area contributed by atoms with E-state index < -0.39 is 0 Å². The maximum atomic E-state index is 11.6. The first-order valence-corrected chi connectivity index (χ1v) is 6.60. The van der Waals surface area contributed by atoms with Crippen LogP contribution in [0.3, 0.4) is 0 Å². The molecular formula is C12H13N3OS. The fourth-order valence-electron chi connectivity index (χ4n) is 2.38. The van der Waals surface area contributed by atoms with Gasteiger partial charge in [-0.3, -0.25) is 9.79 Å². The number of amidine groups is 1. The van der Waals surface area contributed by atoms with Crippen LogP contribution in [0.2, 0.25) is 0 Å². The molecule has 0 unspecified atom stereocenters. The van der Waals surface area contributed by atoms with E-state index in [0.717, 1.165) is 41.5 Å². The van der Waals surface area contributed by atoms with Crippen LogP contribution >= 0.6 is 11.3 Å². The predicted molar refractivity (Wildman–Crippen MR) is 67.2 cm³/mol. The van der Waals surface area contributed by atoms with Gasteiger partial charge in [-0.05, 0) is 19.8 Å². The largest absolute Gasteiger partial charge is 0.327 e. The Kier molecular flexibility index (Phi) is 2.55. The number of rotatable bonds is 2. The number of aliphatic imine (C=N–C) groups is 1. The molecule has 0 atom stereocenters. The van der Waals surface area contributed by atoms with E-state index in [9.17, 15) is 4.79 Å². The van der Waals surface area contributed by atoms with E-state index in [0.29, 0.717) is 6.54 Å².